The summed E-state index contributed by atoms with van der Waals surface area (Å²) >= 11 is 0. The summed E-state index contributed by atoms with van der Waals surface area (Å²) in [5.74, 6) is 1.96. The fraction of sp³-hybridized carbons (Fsp3) is 0.500. The molecule has 128 valence electrons. The maximum Gasteiger partial charge on any atom is 0.321 e. The van der Waals surface area contributed by atoms with Crippen LogP contribution in [0.4, 0.5) is 10.5 Å². The second-order valence-corrected chi connectivity index (χ2v) is 6.12. The van der Waals surface area contributed by atoms with E-state index in [4.69, 9.17) is 4.74 Å². The van der Waals surface area contributed by atoms with E-state index >= 15 is 0 Å². The highest BCUT2D eigenvalue weighted by Gasteiger charge is 2.20. The topological polar surface area (TPSA) is 85.2 Å². The number of likely N-dealkylation sites (tertiary alicyclic amines) is 1. The quantitative estimate of drug-likeness (QED) is 0.933. The number of aromatic nitrogens is 4. The highest BCUT2D eigenvalue weighted by molar-refractivity contribution is 5.90. The van der Waals surface area contributed by atoms with Crippen molar-refractivity contribution in [3.63, 3.8) is 0 Å². The van der Waals surface area contributed by atoms with Crippen LogP contribution in [0.25, 0.3) is 5.69 Å². The summed E-state index contributed by atoms with van der Waals surface area (Å²) in [6, 6.07) is 5.34. The Kier molecular flexibility index (Phi) is 4.64. The Hall–Kier alpha value is -2.64. The van der Waals surface area contributed by atoms with Crippen LogP contribution in [0.15, 0.2) is 18.2 Å². The van der Waals surface area contributed by atoms with Crippen molar-refractivity contribution in [3.8, 4) is 11.4 Å². The second kappa shape index (κ2) is 6.86. The molecule has 1 saturated heterocycles. The van der Waals surface area contributed by atoms with Crippen LogP contribution in [-0.2, 0) is 0 Å². The Labute approximate surface area is 140 Å². The number of anilines is 1. The van der Waals surface area contributed by atoms with Gasteiger partial charge < -0.3 is 15.0 Å². The molecule has 1 aliphatic heterocycles. The number of benzene rings is 1. The van der Waals surface area contributed by atoms with Crippen LogP contribution in [-0.4, -0.2) is 51.3 Å². The molecule has 1 fully saturated rings. The van der Waals surface area contributed by atoms with E-state index in [2.05, 4.69) is 27.8 Å². The number of rotatable bonds is 3. The minimum atomic E-state index is -0.0774. The minimum absolute atomic E-state index is 0.0774. The first-order valence-electron chi connectivity index (χ1n) is 8.08. The summed E-state index contributed by atoms with van der Waals surface area (Å²) in [6.07, 6.45) is 2.09. The first-order chi connectivity index (χ1) is 11.6. The lowest BCUT2D eigenvalue weighted by Crippen LogP contribution is -2.40. The number of hydrogen-bond donors (Lipinski definition) is 1. The molecule has 0 spiro atoms. The fourth-order valence-corrected chi connectivity index (χ4v) is 2.80. The molecule has 2 aromatic rings. The third kappa shape index (κ3) is 3.32. The van der Waals surface area contributed by atoms with E-state index in [0.29, 0.717) is 28.9 Å². The maximum absolute atomic E-state index is 12.4. The standard InChI is InChI=1S/C16H22N6O2/c1-11-6-8-21(9-7-11)16(23)17-13-4-5-15(24-3)14(10-13)22-12(2)18-19-20-22/h4-5,10-11H,6-9H2,1-3H3,(H,17,23). The van der Waals surface area contributed by atoms with Crippen molar-refractivity contribution in [2.45, 2.75) is 26.7 Å². The van der Waals surface area contributed by atoms with Gasteiger partial charge in [-0.05, 0) is 54.3 Å². The van der Waals surface area contributed by atoms with Crippen molar-refractivity contribution in [1.82, 2.24) is 25.1 Å². The molecular weight excluding hydrogens is 308 g/mol. The zero-order valence-electron chi connectivity index (χ0n) is 14.2. The molecular formula is C16H22N6O2. The molecule has 24 heavy (non-hydrogen) atoms. The van der Waals surface area contributed by atoms with Crippen molar-refractivity contribution < 1.29 is 9.53 Å². The number of methoxy groups -OCH3 is 1. The highest BCUT2D eigenvalue weighted by atomic mass is 16.5. The van der Waals surface area contributed by atoms with Crippen LogP contribution >= 0.6 is 0 Å². The molecule has 0 saturated carbocycles. The Bertz CT molecular complexity index is 721. The number of piperidine rings is 1. The van der Waals surface area contributed by atoms with Gasteiger partial charge in [0.05, 0.1) is 7.11 Å². The first kappa shape index (κ1) is 16.2. The van der Waals surface area contributed by atoms with Gasteiger partial charge in [-0.1, -0.05) is 6.92 Å². The summed E-state index contributed by atoms with van der Waals surface area (Å²) in [7, 11) is 1.59. The maximum atomic E-state index is 12.4. The van der Waals surface area contributed by atoms with Gasteiger partial charge in [0.1, 0.15) is 11.4 Å². The van der Waals surface area contributed by atoms with E-state index < -0.39 is 0 Å². The number of nitrogens with zero attached hydrogens (tertiary/aromatic N) is 5. The average Bonchev–Trinajstić information content (AvgIpc) is 3.01. The summed E-state index contributed by atoms with van der Waals surface area (Å²) in [6.45, 7) is 5.61. The molecule has 3 rings (SSSR count). The van der Waals surface area contributed by atoms with Gasteiger partial charge in [-0.15, -0.1) is 5.10 Å². The van der Waals surface area contributed by atoms with Crippen molar-refractivity contribution in [1.29, 1.82) is 0 Å². The number of carbonyl (C=O) groups excluding carboxylic acids is 1. The Morgan fingerprint density at radius 3 is 2.71 bits per heavy atom. The van der Waals surface area contributed by atoms with Crippen LogP contribution in [0.3, 0.4) is 0 Å². The Morgan fingerprint density at radius 1 is 1.33 bits per heavy atom. The molecule has 0 bridgehead atoms. The van der Waals surface area contributed by atoms with Gasteiger partial charge >= 0.3 is 6.03 Å². The highest BCUT2D eigenvalue weighted by Crippen LogP contribution is 2.27. The van der Waals surface area contributed by atoms with E-state index in [0.717, 1.165) is 25.9 Å². The summed E-state index contributed by atoms with van der Waals surface area (Å²) in [5, 5.41) is 14.5. The van der Waals surface area contributed by atoms with E-state index in [1.807, 2.05) is 17.0 Å². The summed E-state index contributed by atoms with van der Waals surface area (Å²) in [4.78, 5) is 14.3. The third-order valence-electron chi connectivity index (χ3n) is 4.35. The lowest BCUT2D eigenvalue weighted by molar-refractivity contribution is 0.186. The fourth-order valence-electron chi connectivity index (χ4n) is 2.80. The van der Waals surface area contributed by atoms with E-state index in [1.54, 1.807) is 24.8 Å². The van der Waals surface area contributed by atoms with Gasteiger partial charge in [0.15, 0.2) is 5.82 Å². The Balaban J connectivity index is 1.79. The predicted molar refractivity (Wildman–Crippen MR) is 89.4 cm³/mol. The molecule has 1 aromatic heterocycles. The monoisotopic (exact) mass is 330 g/mol. The molecule has 1 aliphatic rings. The predicted octanol–water partition coefficient (Wildman–Crippen LogP) is 2.24. The van der Waals surface area contributed by atoms with Crippen LogP contribution in [0.5, 0.6) is 5.75 Å². The van der Waals surface area contributed by atoms with Gasteiger partial charge in [0.2, 0.25) is 0 Å². The summed E-state index contributed by atoms with van der Waals surface area (Å²) in [5.41, 5.74) is 1.37. The molecule has 8 heteroatoms. The van der Waals surface area contributed by atoms with Crippen LogP contribution < -0.4 is 10.1 Å². The number of aryl methyl sites for hydroxylation is 1. The average molecular weight is 330 g/mol. The van der Waals surface area contributed by atoms with Crippen LogP contribution in [0.2, 0.25) is 0 Å². The van der Waals surface area contributed by atoms with E-state index in [-0.39, 0.29) is 6.03 Å². The lowest BCUT2D eigenvalue weighted by Gasteiger charge is -2.30. The largest absolute Gasteiger partial charge is 0.494 e. The smallest absolute Gasteiger partial charge is 0.321 e. The Morgan fingerprint density at radius 2 is 2.08 bits per heavy atom. The van der Waals surface area contributed by atoms with E-state index in [9.17, 15) is 4.79 Å². The number of ether oxygens (including phenoxy) is 1. The normalized spacial score (nSPS) is 15.4. The van der Waals surface area contributed by atoms with Gasteiger partial charge in [0.25, 0.3) is 0 Å². The minimum Gasteiger partial charge on any atom is -0.494 e. The van der Waals surface area contributed by atoms with Gasteiger partial charge in [0, 0.05) is 18.8 Å². The van der Waals surface area contributed by atoms with Crippen molar-refractivity contribution in [2.75, 3.05) is 25.5 Å². The van der Waals surface area contributed by atoms with Crippen molar-refractivity contribution >= 4 is 11.7 Å². The molecule has 1 N–H and O–H groups in total. The molecule has 2 heterocycles. The number of hydrogen-bond acceptors (Lipinski definition) is 5. The molecule has 0 unspecified atom stereocenters. The molecule has 1 aromatic carbocycles. The first-order valence-corrected chi connectivity index (χ1v) is 8.08. The third-order valence-corrected chi connectivity index (χ3v) is 4.35. The zero-order chi connectivity index (χ0) is 17.1. The number of tetrazole rings is 1. The van der Waals surface area contributed by atoms with Gasteiger partial charge in [-0.2, -0.15) is 4.68 Å². The number of nitrogens with one attached hydrogen (secondary N) is 1. The number of urea groups is 1. The summed E-state index contributed by atoms with van der Waals surface area (Å²) < 4.78 is 6.95. The van der Waals surface area contributed by atoms with E-state index in [1.165, 1.54) is 0 Å². The lowest BCUT2D eigenvalue weighted by atomic mass is 10.00. The number of carbonyl (C=O) groups is 1. The molecule has 2 amide bonds. The number of amides is 2. The van der Waals surface area contributed by atoms with Crippen LogP contribution in [0, 0.1) is 12.8 Å². The zero-order valence-corrected chi connectivity index (χ0v) is 14.2. The van der Waals surface area contributed by atoms with Crippen LogP contribution in [0.1, 0.15) is 25.6 Å². The molecule has 0 atom stereocenters. The second-order valence-electron chi connectivity index (χ2n) is 6.12. The SMILES string of the molecule is COc1ccc(NC(=O)N2CCC(C)CC2)cc1-n1nnnc1C. The van der Waals surface area contributed by atoms with Gasteiger partial charge in [-0.25, -0.2) is 4.79 Å². The molecule has 0 aliphatic carbocycles. The van der Waals surface area contributed by atoms with Gasteiger partial charge in [-0.3, -0.25) is 0 Å². The van der Waals surface area contributed by atoms with Crippen molar-refractivity contribution in [2.24, 2.45) is 5.92 Å². The molecule has 0 radical (unpaired) electrons. The molecule has 8 nitrogen and oxygen atoms in total. The van der Waals surface area contributed by atoms with Crippen molar-refractivity contribution in [3.05, 3.63) is 24.0 Å².